The zero-order chi connectivity index (χ0) is 10.9. The van der Waals surface area contributed by atoms with E-state index < -0.39 is 12.5 Å². The van der Waals surface area contributed by atoms with Crippen molar-refractivity contribution < 1.29 is 19.3 Å². The van der Waals surface area contributed by atoms with Gasteiger partial charge in [0.2, 0.25) is 0 Å². The number of benzene rings is 1. The van der Waals surface area contributed by atoms with E-state index in [0.717, 1.165) is 18.2 Å². The molecular weight excluding hydrogens is 324 g/mol. The van der Waals surface area contributed by atoms with Gasteiger partial charge in [0, 0.05) is 15.7 Å². The molecular formula is C6H5INO5P. The van der Waals surface area contributed by atoms with Crippen LogP contribution in [0.1, 0.15) is 0 Å². The first kappa shape index (κ1) is 11.6. The molecule has 0 fully saturated rings. The van der Waals surface area contributed by atoms with E-state index in [2.05, 4.69) is 0 Å². The Balaban J connectivity index is 3.28. The Morgan fingerprint density at radius 3 is 2.36 bits per heavy atom. The van der Waals surface area contributed by atoms with Gasteiger partial charge in [-0.3, -0.25) is 14.7 Å². The Hall–Kier alpha value is -0.500. The van der Waals surface area contributed by atoms with Gasteiger partial charge in [-0.25, -0.2) is 0 Å². The van der Waals surface area contributed by atoms with Gasteiger partial charge in [-0.1, -0.05) is 0 Å². The molecule has 8 heteroatoms. The molecule has 1 aromatic rings. The lowest BCUT2D eigenvalue weighted by molar-refractivity contribution is -0.384. The Labute approximate surface area is 92.4 Å². The summed E-state index contributed by atoms with van der Waals surface area (Å²) >= 11 is 1.65. The molecule has 0 unspecified atom stereocenters. The SMILES string of the molecule is O=[N+]([O-])c1ccc(P(=O)(O)O)c(I)c1. The minimum atomic E-state index is -4.34. The predicted molar refractivity (Wildman–Crippen MR) is 57.5 cm³/mol. The van der Waals surface area contributed by atoms with Crippen LogP contribution in [-0.4, -0.2) is 14.7 Å². The van der Waals surface area contributed by atoms with Gasteiger partial charge in [0.15, 0.2) is 0 Å². The van der Waals surface area contributed by atoms with Crippen molar-refractivity contribution in [3.8, 4) is 0 Å². The second-order valence-electron chi connectivity index (χ2n) is 2.44. The first-order chi connectivity index (χ1) is 6.32. The first-order valence-electron chi connectivity index (χ1n) is 3.32. The van der Waals surface area contributed by atoms with Crippen molar-refractivity contribution in [3.05, 3.63) is 31.9 Å². The van der Waals surface area contributed by atoms with Crippen LogP contribution in [0.2, 0.25) is 0 Å². The summed E-state index contributed by atoms with van der Waals surface area (Å²) in [5.74, 6) is 0. The number of halogens is 1. The third kappa shape index (κ3) is 2.50. The second kappa shape index (κ2) is 3.93. The summed E-state index contributed by atoms with van der Waals surface area (Å²) in [6.45, 7) is 0. The molecule has 0 atom stereocenters. The number of hydrogen-bond acceptors (Lipinski definition) is 3. The van der Waals surface area contributed by atoms with Crippen molar-refractivity contribution >= 4 is 41.2 Å². The maximum atomic E-state index is 10.9. The van der Waals surface area contributed by atoms with Crippen LogP contribution < -0.4 is 5.30 Å². The summed E-state index contributed by atoms with van der Waals surface area (Å²) in [5.41, 5.74) is -0.188. The molecule has 0 radical (unpaired) electrons. The lowest BCUT2D eigenvalue weighted by Gasteiger charge is -2.05. The predicted octanol–water partition coefficient (Wildman–Crippen LogP) is 1.00. The topological polar surface area (TPSA) is 101 Å². The molecule has 0 aliphatic heterocycles. The molecule has 2 N–H and O–H groups in total. The summed E-state index contributed by atoms with van der Waals surface area (Å²) in [4.78, 5) is 27.4. The van der Waals surface area contributed by atoms with E-state index in [1.165, 1.54) is 0 Å². The van der Waals surface area contributed by atoms with Crippen molar-refractivity contribution in [3.63, 3.8) is 0 Å². The van der Waals surface area contributed by atoms with E-state index in [4.69, 9.17) is 9.79 Å². The Morgan fingerprint density at radius 2 is 2.00 bits per heavy atom. The average molecular weight is 329 g/mol. The second-order valence-corrected chi connectivity index (χ2v) is 5.17. The van der Waals surface area contributed by atoms with Gasteiger partial charge in [0.05, 0.1) is 10.2 Å². The maximum absolute atomic E-state index is 10.9. The fourth-order valence-electron chi connectivity index (χ4n) is 0.846. The van der Waals surface area contributed by atoms with Crippen LogP contribution in [-0.2, 0) is 4.57 Å². The maximum Gasteiger partial charge on any atom is 0.357 e. The number of nitro benzene ring substituents is 1. The molecule has 0 amide bonds. The van der Waals surface area contributed by atoms with Gasteiger partial charge in [-0.05, 0) is 28.7 Å². The molecule has 0 saturated heterocycles. The van der Waals surface area contributed by atoms with E-state index in [9.17, 15) is 14.7 Å². The highest BCUT2D eigenvalue weighted by Gasteiger charge is 2.22. The van der Waals surface area contributed by atoms with Gasteiger partial charge >= 0.3 is 7.60 Å². The van der Waals surface area contributed by atoms with Crippen molar-refractivity contribution in [2.24, 2.45) is 0 Å². The lowest BCUT2D eigenvalue weighted by Crippen LogP contribution is -2.08. The molecule has 1 aromatic carbocycles. The largest absolute Gasteiger partial charge is 0.357 e. The molecule has 0 saturated carbocycles. The van der Waals surface area contributed by atoms with E-state index in [1.54, 1.807) is 22.6 Å². The molecule has 0 aliphatic rings. The van der Waals surface area contributed by atoms with Crippen LogP contribution in [0.5, 0.6) is 0 Å². The molecule has 0 aliphatic carbocycles. The van der Waals surface area contributed by atoms with Gasteiger partial charge in [0.1, 0.15) is 0 Å². The molecule has 0 bridgehead atoms. The third-order valence-corrected chi connectivity index (χ3v) is 3.79. The molecule has 14 heavy (non-hydrogen) atoms. The average Bonchev–Trinajstić information content (AvgIpc) is 2.01. The molecule has 76 valence electrons. The third-order valence-electron chi connectivity index (χ3n) is 1.46. The number of nitrogens with zero attached hydrogens (tertiary/aromatic N) is 1. The molecule has 0 heterocycles. The van der Waals surface area contributed by atoms with Gasteiger partial charge < -0.3 is 9.79 Å². The van der Waals surface area contributed by atoms with Crippen LogP contribution in [0.15, 0.2) is 18.2 Å². The lowest BCUT2D eigenvalue weighted by atomic mass is 10.3. The summed E-state index contributed by atoms with van der Waals surface area (Å²) in [6, 6.07) is 3.26. The van der Waals surface area contributed by atoms with Crippen LogP contribution in [0, 0.1) is 13.7 Å². The minimum Gasteiger partial charge on any atom is -0.321 e. The first-order valence-corrected chi connectivity index (χ1v) is 6.01. The van der Waals surface area contributed by atoms with Crippen molar-refractivity contribution in [1.29, 1.82) is 0 Å². The van der Waals surface area contributed by atoms with E-state index in [1.807, 2.05) is 0 Å². The Morgan fingerprint density at radius 1 is 1.43 bits per heavy atom. The summed E-state index contributed by atoms with van der Waals surface area (Å²) in [6.07, 6.45) is 0. The molecule has 6 nitrogen and oxygen atoms in total. The summed E-state index contributed by atoms with van der Waals surface area (Å²) < 4.78 is 11.0. The van der Waals surface area contributed by atoms with Crippen molar-refractivity contribution in [2.75, 3.05) is 0 Å². The van der Waals surface area contributed by atoms with Crippen LogP contribution in [0.3, 0.4) is 0 Å². The number of non-ortho nitro benzene ring substituents is 1. The molecule has 1 rings (SSSR count). The highest BCUT2D eigenvalue weighted by Crippen LogP contribution is 2.35. The fraction of sp³-hybridized carbons (Fsp3) is 0. The van der Waals surface area contributed by atoms with Gasteiger partial charge in [0.25, 0.3) is 5.69 Å². The highest BCUT2D eigenvalue weighted by atomic mass is 127. The number of nitro groups is 1. The number of rotatable bonds is 2. The normalized spacial score (nSPS) is 11.4. The summed E-state index contributed by atoms with van der Waals surface area (Å²) in [7, 11) is -4.34. The zero-order valence-electron chi connectivity index (χ0n) is 6.62. The monoisotopic (exact) mass is 329 g/mol. The zero-order valence-corrected chi connectivity index (χ0v) is 9.68. The number of hydrogen-bond donors (Lipinski definition) is 2. The minimum absolute atomic E-state index is 0.185. The van der Waals surface area contributed by atoms with E-state index >= 15 is 0 Å². The van der Waals surface area contributed by atoms with Crippen molar-refractivity contribution in [1.82, 2.24) is 0 Å². The fourth-order valence-corrected chi connectivity index (χ4v) is 2.90. The van der Waals surface area contributed by atoms with Crippen LogP contribution in [0.4, 0.5) is 5.69 Å². The molecule has 0 aromatic heterocycles. The highest BCUT2D eigenvalue weighted by molar-refractivity contribution is 14.1. The quantitative estimate of drug-likeness (QED) is 0.365. The Kier molecular flexibility index (Phi) is 3.25. The summed E-state index contributed by atoms with van der Waals surface area (Å²) in [5, 5.41) is 10.1. The van der Waals surface area contributed by atoms with E-state index in [-0.39, 0.29) is 14.6 Å². The Bertz CT molecular complexity index is 428. The van der Waals surface area contributed by atoms with E-state index in [0.29, 0.717) is 0 Å². The molecule has 0 spiro atoms. The van der Waals surface area contributed by atoms with Crippen LogP contribution in [0.25, 0.3) is 0 Å². The van der Waals surface area contributed by atoms with Crippen LogP contribution >= 0.6 is 30.2 Å². The van der Waals surface area contributed by atoms with Crippen molar-refractivity contribution in [2.45, 2.75) is 0 Å². The smallest absolute Gasteiger partial charge is 0.321 e. The van der Waals surface area contributed by atoms with Gasteiger partial charge in [-0.15, -0.1) is 0 Å². The standard InChI is InChI=1S/C6H5INO5P/c7-5-3-4(8(9)10)1-2-6(5)14(11,12)13/h1-3H,(H2,11,12,13). The van der Waals surface area contributed by atoms with Gasteiger partial charge in [-0.2, -0.15) is 0 Å².